The predicted molar refractivity (Wildman–Crippen MR) is 74.1 cm³/mol. The Morgan fingerprint density at radius 3 is 2.53 bits per heavy atom. The number of carbonyl (C=O) groups is 1. The van der Waals surface area contributed by atoms with Crippen molar-refractivity contribution in [3.8, 4) is 0 Å². The molecule has 3 aliphatic carbocycles. The van der Waals surface area contributed by atoms with Gasteiger partial charge in [-0.05, 0) is 64.3 Å². The Morgan fingerprint density at radius 2 is 2.00 bits per heavy atom. The molecule has 0 aromatic heterocycles. The lowest BCUT2D eigenvalue weighted by Crippen LogP contribution is -2.57. The smallest absolute Gasteiger partial charge is 0.323 e. The standard InChI is InChI=1S/C15H26N2O2/c1-16-15(14(18)19)8-2-3-13(9-15)17(12-6-7-12)10-11-4-5-11/h11-13,16H,2-10H2,1H3,(H,18,19). The van der Waals surface area contributed by atoms with Gasteiger partial charge in [0.15, 0.2) is 0 Å². The van der Waals surface area contributed by atoms with Gasteiger partial charge in [-0.1, -0.05) is 0 Å². The molecular formula is C15H26N2O2. The van der Waals surface area contributed by atoms with Crippen LogP contribution in [0.5, 0.6) is 0 Å². The van der Waals surface area contributed by atoms with E-state index in [1.165, 1.54) is 38.6 Å². The Morgan fingerprint density at radius 1 is 1.26 bits per heavy atom. The summed E-state index contributed by atoms with van der Waals surface area (Å²) in [6.07, 6.45) is 9.18. The van der Waals surface area contributed by atoms with E-state index < -0.39 is 11.5 Å². The van der Waals surface area contributed by atoms with Gasteiger partial charge in [0, 0.05) is 18.6 Å². The second-order valence-corrected chi connectivity index (χ2v) is 6.76. The lowest BCUT2D eigenvalue weighted by Gasteiger charge is -2.42. The van der Waals surface area contributed by atoms with Gasteiger partial charge >= 0.3 is 5.97 Å². The molecule has 0 spiro atoms. The van der Waals surface area contributed by atoms with Crippen molar-refractivity contribution in [2.24, 2.45) is 5.92 Å². The van der Waals surface area contributed by atoms with Crippen molar-refractivity contribution in [2.45, 2.75) is 69.0 Å². The topological polar surface area (TPSA) is 52.6 Å². The number of nitrogens with zero attached hydrogens (tertiary/aromatic N) is 1. The quantitative estimate of drug-likeness (QED) is 0.770. The third kappa shape index (κ3) is 2.79. The summed E-state index contributed by atoms with van der Waals surface area (Å²) in [5.74, 6) is 0.234. The van der Waals surface area contributed by atoms with Crippen molar-refractivity contribution in [2.75, 3.05) is 13.6 Å². The van der Waals surface area contributed by atoms with Crippen LogP contribution in [0.15, 0.2) is 0 Å². The highest BCUT2D eigenvalue weighted by Crippen LogP contribution is 2.40. The maximum Gasteiger partial charge on any atom is 0.323 e. The first kappa shape index (κ1) is 13.4. The van der Waals surface area contributed by atoms with Gasteiger partial charge in [0.25, 0.3) is 0 Å². The molecule has 0 aliphatic heterocycles. The normalized spacial score (nSPS) is 35.6. The molecule has 0 saturated heterocycles. The number of nitrogens with one attached hydrogen (secondary N) is 1. The van der Waals surface area contributed by atoms with Crippen LogP contribution in [-0.4, -0.2) is 47.2 Å². The first-order valence-corrected chi connectivity index (χ1v) is 7.83. The van der Waals surface area contributed by atoms with Gasteiger partial charge in [-0.15, -0.1) is 0 Å². The Bertz CT molecular complexity index is 352. The Kier molecular flexibility index (Phi) is 3.56. The highest BCUT2D eigenvalue weighted by molar-refractivity contribution is 5.79. The van der Waals surface area contributed by atoms with Gasteiger partial charge in [0.1, 0.15) is 5.54 Å². The van der Waals surface area contributed by atoms with Crippen LogP contribution < -0.4 is 5.32 Å². The summed E-state index contributed by atoms with van der Waals surface area (Å²) in [6, 6.07) is 1.23. The summed E-state index contributed by atoms with van der Waals surface area (Å²) < 4.78 is 0. The van der Waals surface area contributed by atoms with Crippen LogP contribution in [0.4, 0.5) is 0 Å². The highest BCUT2D eigenvalue weighted by Gasteiger charge is 2.46. The lowest BCUT2D eigenvalue weighted by molar-refractivity contribution is -0.147. The van der Waals surface area contributed by atoms with Crippen molar-refractivity contribution >= 4 is 5.97 Å². The maximum atomic E-state index is 11.6. The van der Waals surface area contributed by atoms with Crippen LogP contribution in [0.25, 0.3) is 0 Å². The van der Waals surface area contributed by atoms with Crippen molar-refractivity contribution in [1.82, 2.24) is 10.2 Å². The molecule has 0 radical (unpaired) electrons. The van der Waals surface area contributed by atoms with E-state index in [4.69, 9.17) is 0 Å². The van der Waals surface area contributed by atoms with Crippen molar-refractivity contribution in [3.63, 3.8) is 0 Å². The van der Waals surface area contributed by atoms with Crippen LogP contribution in [0, 0.1) is 5.92 Å². The molecule has 0 aromatic rings. The van der Waals surface area contributed by atoms with Crippen molar-refractivity contribution in [3.05, 3.63) is 0 Å². The first-order valence-electron chi connectivity index (χ1n) is 7.83. The van der Waals surface area contributed by atoms with Crippen LogP contribution in [0.1, 0.15) is 51.4 Å². The van der Waals surface area contributed by atoms with Gasteiger partial charge in [-0.25, -0.2) is 0 Å². The summed E-state index contributed by atoms with van der Waals surface area (Å²) in [5.41, 5.74) is -0.681. The van der Waals surface area contributed by atoms with Crippen LogP contribution in [-0.2, 0) is 4.79 Å². The van der Waals surface area contributed by atoms with E-state index in [-0.39, 0.29) is 0 Å². The number of aliphatic carboxylic acids is 1. The van der Waals surface area contributed by atoms with E-state index >= 15 is 0 Å². The van der Waals surface area contributed by atoms with Crippen LogP contribution in [0.2, 0.25) is 0 Å². The number of rotatable bonds is 6. The van der Waals surface area contributed by atoms with Crippen molar-refractivity contribution in [1.29, 1.82) is 0 Å². The van der Waals surface area contributed by atoms with Crippen LogP contribution in [0.3, 0.4) is 0 Å². The molecule has 3 fully saturated rings. The fourth-order valence-electron chi connectivity index (χ4n) is 3.66. The number of hydrogen-bond acceptors (Lipinski definition) is 3. The monoisotopic (exact) mass is 266 g/mol. The molecule has 2 atom stereocenters. The molecule has 0 amide bonds. The van der Waals surface area contributed by atoms with Crippen molar-refractivity contribution < 1.29 is 9.90 Å². The average molecular weight is 266 g/mol. The zero-order valence-electron chi connectivity index (χ0n) is 11.9. The van der Waals surface area contributed by atoms with Gasteiger partial charge < -0.3 is 10.4 Å². The van der Waals surface area contributed by atoms with Crippen LogP contribution >= 0.6 is 0 Å². The Labute approximate surface area is 115 Å². The molecule has 2 unspecified atom stereocenters. The van der Waals surface area contributed by atoms with E-state index in [9.17, 15) is 9.90 Å². The van der Waals surface area contributed by atoms with Gasteiger partial charge in [-0.2, -0.15) is 0 Å². The third-order valence-corrected chi connectivity index (χ3v) is 5.26. The largest absolute Gasteiger partial charge is 0.480 e. The lowest BCUT2D eigenvalue weighted by atomic mass is 9.78. The molecule has 3 rings (SSSR count). The second kappa shape index (κ2) is 5.06. The fourth-order valence-corrected chi connectivity index (χ4v) is 3.66. The molecule has 19 heavy (non-hydrogen) atoms. The minimum atomic E-state index is -0.681. The molecule has 3 aliphatic rings. The molecule has 4 nitrogen and oxygen atoms in total. The Hall–Kier alpha value is -0.610. The maximum absolute atomic E-state index is 11.6. The van der Waals surface area contributed by atoms with E-state index in [1.54, 1.807) is 7.05 Å². The molecule has 0 aromatic carbocycles. The number of hydrogen-bond donors (Lipinski definition) is 2. The summed E-state index contributed by atoms with van der Waals surface area (Å²) in [4.78, 5) is 14.3. The molecule has 0 bridgehead atoms. The minimum Gasteiger partial charge on any atom is -0.480 e. The number of carboxylic acid groups (broad SMARTS) is 1. The zero-order chi connectivity index (χ0) is 13.5. The van der Waals surface area contributed by atoms with E-state index in [1.807, 2.05) is 0 Å². The second-order valence-electron chi connectivity index (χ2n) is 6.76. The van der Waals surface area contributed by atoms with Gasteiger partial charge in [-0.3, -0.25) is 9.69 Å². The number of likely N-dealkylation sites (N-methyl/N-ethyl adjacent to an activating group) is 1. The molecular weight excluding hydrogens is 240 g/mol. The number of carboxylic acids is 1. The summed E-state index contributed by atoms with van der Waals surface area (Å²) in [6.45, 7) is 1.22. The molecule has 3 saturated carbocycles. The average Bonchev–Trinajstić information content (AvgIpc) is 3.28. The van der Waals surface area contributed by atoms with Gasteiger partial charge in [0.05, 0.1) is 0 Å². The predicted octanol–water partition coefficient (Wildman–Crippen LogP) is 1.85. The summed E-state index contributed by atoms with van der Waals surface area (Å²) >= 11 is 0. The minimum absolute atomic E-state index is 0.477. The Balaban J connectivity index is 1.69. The van der Waals surface area contributed by atoms with Gasteiger partial charge in [0.2, 0.25) is 0 Å². The molecule has 2 N–H and O–H groups in total. The summed E-state index contributed by atoms with van der Waals surface area (Å²) in [7, 11) is 1.80. The zero-order valence-corrected chi connectivity index (χ0v) is 11.9. The SMILES string of the molecule is CNC1(C(=O)O)CCCC(N(CC2CC2)C2CC2)C1. The van der Waals surface area contributed by atoms with E-state index in [0.29, 0.717) is 6.04 Å². The van der Waals surface area contributed by atoms with E-state index in [0.717, 1.165) is 31.2 Å². The highest BCUT2D eigenvalue weighted by atomic mass is 16.4. The van der Waals surface area contributed by atoms with E-state index in [2.05, 4.69) is 10.2 Å². The molecule has 108 valence electrons. The first-order chi connectivity index (χ1) is 9.14. The molecule has 0 heterocycles. The summed E-state index contributed by atoms with van der Waals surface area (Å²) in [5, 5.41) is 12.7. The third-order valence-electron chi connectivity index (χ3n) is 5.26. The fraction of sp³-hybridized carbons (Fsp3) is 0.933. The molecule has 4 heteroatoms.